The van der Waals surface area contributed by atoms with Crippen LogP contribution in [0.4, 0.5) is 0 Å². The van der Waals surface area contributed by atoms with Crippen molar-refractivity contribution in [1.29, 1.82) is 0 Å². The standard InChI is InChI=1S/C10H17O4/c1-9(2,7(11)12)6-10(3,4)8(13)14-5/h3,6H2,1-2,4-5H3,(H,11,12)/q-1. The molecule has 0 aromatic heterocycles. The van der Waals surface area contributed by atoms with Crippen molar-refractivity contribution in [2.24, 2.45) is 10.8 Å². The SMILES string of the molecule is [CH2-]C(C)(CC(C)(C)C(=O)O)C(=O)OC. The summed E-state index contributed by atoms with van der Waals surface area (Å²) >= 11 is 0. The van der Waals surface area contributed by atoms with E-state index >= 15 is 0 Å². The van der Waals surface area contributed by atoms with E-state index in [1.165, 1.54) is 7.11 Å². The van der Waals surface area contributed by atoms with Gasteiger partial charge in [0.15, 0.2) is 0 Å². The molecular formula is C10H17O4-. The minimum absolute atomic E-state index is 0.141. The fourth-order valence-corrected chi connectivity index (χ4v) is 1.37. The maximum atomic E-state index is 11.3. The Bertz CT molecular complexity index is 241. The van der Waals surface area contributed by atoms with Crippen molar-refractivity contribution >= 4 is 11.9 Å². The average Bonchev–Trinajstić information content (AvgIpc) is 2.00. The Morgan fingerprint density at radius 1 is 1.36 bits per heavy atom. The molecule has 0 aromatic rings. The number of aliphatic carboxylic acids is 1. The van der Waals surface area contributed by atoms with Crippen LogP contribution in [0.25, 0.3) is 0 Å². The minimum atomic E-state index is -1.02. The predicted octanol–water partition coefficient (Wildman–Crippen LogP) is 1.50. The molecule has 0 aromatic carbocycles. The summed E-state index contributed by atoms with van der Waals surface area (Å²) in [5.74, 6) is -1.44. The number of esters is 1. The summed E-state index contributed by atoms with van der Waals surface area (Å²) in [7, 11) is 1.26. The van der Waals surface area contributed by atoms with Crippen LogP contribution in [0.15, 0.2) is 0 Å². The Morgan fingerprint density at radius 3 is 2.07 bits per heavy atom. The molecule has 0 bridgehead atoms. The lowest BCUT2D eigenvalue weighted by Gasteiger charge is -2.35. The first-order valence-corrected chi connectivity index (χ1v) is 4.30. The summed E-state index contributed by atoms with van der Waals surface area (Å²) < 4.78 is 4.55. The molecule has 0 heterocycles. The molecule has 14 heavy (non-hydrogen) atoms. The van der Waals surface area contributed by atoms with E-state index in [0.717, 1.165) is 0 Å². The first-order chi connectivity index (χ1) is 6.13. The van der Waals surface area contributed by atoms with Crippen LogP contribution in [-0.2, 0) is 14.3 Å². The molecule has 0 saturated carbocycles. The molecule has 4 heteroatoms. The third kappa shape index (κ3) is 3.01. The second-order valence-corrected chi connectivity index (χ2v) is 4.42. The highest BCUT2D eigenvalue weighted by Gasteiger charge is 2.35. The van der Waals surface area contributed by atoms with Crippen LogP contribution in [0.2, 0.25) is 0 Å². The molecule has 0 saturated heterocycles. The van der Waals surface area contributed by atoms with E-state index in [4.69, 9.17) is 5.11 Å². The molecule has 0 radical (unpaired) electrons. The van der Waals surface area contributed by atoms with Crippen LogP contribution in [0.1, 0.15) is 27.2 Å². The summed E-state index contributed by atoms with van der Waals surface area (Å²) in [5, 5.41) is 8.88. The van der Waals surface area contributed by atoms with E-state index in [1.54, 1.807) is 20.8 Å². The summed E-state index contributed by atoms with van der Waals surface area (Å²) in [5.41, 5.74) is -2.00. The molecule has 1 atom stereocenters. The molecule has 0 spiro atoms. The quantitative estimate of drug-likeness (QED) is 0.553. The Balaban J connectivity index is 4.66. The first kappa shape index (κ1) is 12.9. The smallest absolute Gasteiger partial charge is 0.308 e. The van der Waals surface area contributed by atoms with Crippen LogP contribution in [0, 0.1) is 17.8 Å². The van der Waals surface area contributed by atoms with Gasteiger partial charge in [0.05, 0.1) is 12.5 Å². The predicted molar refractivity (Wildman–Crippen MR) is 51.5 cm³/mol. The third-order valence-corrected chi connectivity index (χ3v) is 2.09. The largest absolute Gasteiger partial charge is 0.481 e. The van der Waals surface area contributed by atoms with E-state index in [9.17, 15) is 9.59 Å². The Labute approximate surface area is 84.3 Å². The molecule has 0 aliphatic heterocycles. The lowest BCUT2D eigenvalue weighted by Crippen LogP contribution is -2.35. The van der Waals surface area contributed by atoms with Gasteiger partial charge in [0, 0.05) is 0 Å². The summed E-state index contributed by atoms with van der Waals surface area (Å²) in [6.45, 7) is 8.36. The van der Waals surface area contributed by atoms with Crippen molar-refractivity contribution in [2.45, 2.75) is 27.2 Å². The zero-order chi connectivity index (χ0) is 11.6. The van der Waals surface area contributed by atoms with Crippen LogP contribution in [0.3, 0.4) is 0 Å². The number of hydrogen-bond acceptors (Lipinski definition) is 3. The third-order valence-electron chi connectivity index (χ3n) is 2.09. The Morgan fingerprint density at radius 2 is 1.79 bits per heavy atom. The molecule has 1 unspecified atom stereocenters. The number of ether oxygens (including phenoxy) is 1. The number of carbonyl (C=O) groups is 2. The van der Waals surface area contributed by atoms with Gasteiger partial charge in [-0.2, -0.15) is 0 Å². The van der Waals surface area contributed by atoms with E-state index in [2.05, 4.69) is 11.7 Å². The van der Waals surface area contributed by atoms with Crippen LogP contribution < -0.4 is 0 Å². The second-order valence-electron chi connectivity index (χ2n) is 4.42. The number of carboxylic acid groups (broad SMARTS) is 1. The van der Waals surface area contributed by atoms with Gasteiger partial charge in [0.25, 0.3) is 5.97 Å². The van der Waals surface area contributed by atoms with Gasteiger partial charge in [-0.05, 0) is 20.3 Å². The van der Waals surface area contributed by atoms with Gasteiger partial charge >= 0.3 is 5.97 Å². The van der Waals surface area contributed by atoms with Gasteiger partial charge in [0.2, 0.25) is 0 Å². The van der Waals surface area contributed by atoms with Gasteiger partial charge in [0.1, 0.15) is 0 Å². The number of rotatable bonds is 4. The highest BCUT2D eigenvalue weighted by molar-refractivity contribution is 5.79. The monoisotopic (exact) mass is 201 g/mol. The van der Waals surface area contributed by atoms with E-state index in [0.29, 0.717) is 0 Å². The molecule has 82 valence electrons. The van der Waals surface area contributed by atoms with Gasteiger partial charge in [-0.25, -0.2) is 0 Å². The molecule has 0 fully saturated rings. The zero-order valence-electron chi connectivity index (χ0n) is 9.09. The van der Waals surface area contributed by atoms with Crippen molar-refractivity contribution in [2.75, 3.05) is 7.11 Å². The molecule has 0 rings (SSSR count). The lowest BCUT2D eigenvalue weighted by atomic mass is 9.75. The highest BCUT2D eigenvalue weighted by Crippen LogP contribution is 2.34. The fourth-order valence-electron chi connectivity index (χ4n) is 1.37. The van der Waals surface area contributed by atoms with Crippen LogP contribution in [-0.4, -0.2) is 24.2 Å². The van der Waals surface area contributed by atoms with Crippen molar-refractivity contribution in [3.63, 3.8) is 0 Å². The Kier molecular flexibility index (Phi) is 3.68. The fraction of sp³-hybridized carbons (Fsp3) is 0.700. The van der Waals surface area contributed by atoms with Crippen LogP contribution >= 0.6 is 0 Å². The van der Waals surface area contributed by atoms with Crippen molar-refractivity contribution in [1.82, 2.24) is 0 Å². The molecule has 0 amide bonds. The van der Waals surface area contributed by atoms with E-state index < -0.39 is 22.8 Å². The number of hydrogen-bond donors (Lipinski definition) is 1. The zero-order valence-corrected chi connectivity index (χ0v) is 9.09. The summed E-state index contributed by atoms with van der Waals surface area (Å²) in [6.07, 6.45) is 0.141. The lowest BCUT2D eigenvalue weighted by molar-refractivity contribution is -0.155. The van der Waals surface area contributed by atoms with Crippen molar-refractivity contribution in [3.8, 4) is 0 Å². The number of methoxy groups -OCH3 is 1. The van der Waals surface area contributed by atoms with Gasteiger partial charge in [-0.15, -0.1) is 0 Å². The molecule has 0 aliphatic carbocycles. The molecule has 1 N–H and O–H groups in total. The molecule has 4 nitrogen and oxygen atoms in total. The van der Waals surface area contributed by atoms with Gasteiger partial charge in [-0.3, -0.25) is 9.59 Å². The minimum Gasteiger partial charge on any atom is -0.481 e. The first-order valence-electron chi connectivity index (χ1n) is 4.30. The number of carboxylic acids is 1. The second kappa shape index (κ2) is 3.98. The van der Waals surface area contributed by atoms with Crippen LogP contribution in [0.5, 0.6) is 0 Å². The average molecular weight is 201 g/mol. The van der Waals surface area contributed by atoms with E-state index in [-0.39, 0.29) is 6.42 Å². The summed E-state index contributed by atoms with van der Waals surface area (Å²) in [6, 6.07) is 0. The Hall–Kier alpha value is -1.06. The van der Waals surface area contributed by atoms with Gasteiger partial charge < -0.3 is 16.8 Å². The van der Waals surface area contributed by atoms with Crippen molar-refractivity contribution < 1.29 is 19.4 Å². The maximum absolute atomic E-state index is 11.3. The number of carbonyl (C=O) groups excluding carboxylic acids is 1. The maximum Gasteiger partial charge on any atom is 0.308 e. The van der Waals surface area contributed by atoms with Crippen molar-refractivity contribution in [3.05, 3.63) is 6.92 Å². The molecular weight excluding hydrogens is 184 g/mol. The molecule has 0 aliphatic rings. The normalized spacial score (nSPS) is 15.8. The topological polar surface area (TPSA) is 63.6 Å². The summed E-state index contributed by atoms with van der Waals surface area (Å²) in [4.78, 5) is 22.1. The highest BCUT2D eigenvalue weighted by atomic mass is 16.5. The van der Waals surface area contributed by atoms with E-state index in [1.807, 2.05) is 0 Å². The van der Waals surface area contributed by atoms with Gasteiger partial charge in [-0.1, -0.05) is 12.3 Å².